The predicted octanol–water partition coefficient (Wildman–Crippen LogP) is 7.85. The van der Waals surface area contributed by atoms with E-state index in [-0.39, 0.29) is 12.4 Å². The number of nitrogens with zero attached hydrogens (tertiary/aromatic N) is 1. The average molecular weight is 565 g/mol. The number of halogens is 1. The summed E-state index contributed by atoms with van der Waals surface area (Å²) >= 11 is 0. The van der Waals surface area contributed by atoms with Crippen molar-refractivity contribution in [3.05, 3.63) is 35.9 Å². The van der Waals surface area contributed by atoms with E-state index in [0.29, 0.717) is 0 Å². The molecule has 1 N–H and O–H groups in total. The van der Waals surface area contributed by atoms with Crippen molar-refractivity contribution >= 4 is 0 Å². The summed E-state index contributed by atoms with van der Waals surface area (Å²) in [4.78, 5) is 0. The topological polar surface area (TPSA) is 12.0 Å². The molecule has 0 fully saturated rings. The van der Waals surface area contributed by atoms with Crippen molar-refractivity contribution in [1.29, 1.82) is 0 Å². The quantitative estimate of drug-likeness (QED) is 0.0771. The van der Waals surface area contributed by atoms with E-state index in [1.165, 1.54) is 184 Å². The molecule has 0 saturated carbocycles. The smallest absolute Gasteiger partial charge is 0.104 e. The summed E-state index contributed by atoms with van der Waals surface area (Å²) in [5.41, 5.74) is 1.51. The average Bonchev–Trinajstić information content (AvgIpc) is 2.94. The molecule has 0 aliphatic heterocycles. The third-order valence-corrected chi connectivity index (χ3v) is 8.53. The summed E-state index contributed by atoms with van der Waals surface area (Å²) < 4.78 is 1.28. The van der Waals surface area contributed by atoms with Crippen molar-refractivity contribution in [3.63, 3.8) is 0 Å². The number of hydrogen-bond donors (Lipinski definition) is 1. The second-order valence-corrected chi connectivity index (χ2v) is 12.3. The van der Waals surface area contributed by atoms with E-state index in [4.69, 9.17) is 0 Å². The van der Waals surface area contributed by atoms with Gasteiger partial charge in [-0.2, -0.15) is 0 Å². The third kappa shape index (κ3) is 22.8. The van der Waals surface area contributed by atoms with E-state index in [1.807, 2.05) is 0 Å². The molecule has 0 aliphatic carbocycles. The van der Waals surface area contributed by atoms with Crippen molar-refractivity contribution in [2.24, 2.45) is 0 Å². The molecular formula is C36H69ClN2. The van der Waals surface area contributed by atoms with Crippen molar-refractivity contribution in [2.75, 3.05) is 32.7 Å². The van der Waals surface area contributed by atoms with E-state index >= 15 is 0 Å². The molecule has 0 aliphatic rings. The number of unbranched alkanes of at least 4 members (excludes halogenated alkanes) is 17. The Hall–Kier alpha value is -0.570. The minimum atomic E-state index is 0. The van der Waals surface area contributed by atoms with Crippen LogP contribution in [-0.4, -0.2) is 37.2 Å². The van der Waals surface area contributed by atoms with Gasteiger partial charge in [0.05, 0.1) is 19.6 Å². The molecule has 39 heavy (non-hydrogen) atoms. The van der Waals surface area contributed by atoms with Gasteiger partial charge in [-0.3, -0.25) is 0 Å². The molecule has 0 saturated heterocycles. The molecule has 0 aromatic heterocycles. The van der Waals surface area contributed by atoms with Crippen LogP contribution >= 0.6 is 0 Å². The van der Waals surface area contributed by atoms with Crippen LogP contribution in [0.3, 0.4) is 0 Å². The van der Waals surface area contributed by atoms with Crippen LogP contribution in [0.1, 0.15) is 161 Å². The van der Waals surface area contributed by atoms with Crippen molar-refractivity contribution in [3.8, 4) is 0 Å². The predicted molar refractivity (Wildman–Crippen MR) is 172 cm³/mol. The van der Waals surface area contributed by atoms with E-state index < -0.39 is 0 Å². The Labute approximate surface area is 252 Å². The third-order valence-electron chi connectivity index (χ3n) is 8.53. The molecule has 230 valence electrons. The van der Waals surface area contributed by atoms with Gasteiger partial charge in [-0.25, -0.2) is 0 Å². The number of benzene rings is 1. The first-order valence-corrected chi connectivity index (χ1v) is 17.4. The lowest BCUT2D eigenvalue weighted by Crippen LogP contribution is -3.00. The van der Waals surface area contributed by atoms with Crippen molar-refractivity contribution in [1.82, 2.24) is 5.32 Å². The minimum Gasteiger partial charge on any atom is -1.00 e. The van der Waals surface area contributed by atoms with Gasteiger partial charge in [0.2, 0.25) is 0 Å². The molecule has 0 unspecified atom stereocenters. The minimum absolute atomic E-state index is 0. The van der Waals surface area contributed by atoms with E-state index in [2.05, 4.69) is 56.4 Å². The molecule has 0 spiro atoms. The molecule has 0 bridgehead atoms. The lowest BCUT2D eigenvalue weighted by atomic mass is 10.0. The zero-order valence-corrected chi connectivity index (χ0v) is 27.6. The Balaban J connectivity index is 0.0000144. The van der Waals surface area contributed by atoms with Crippen LogP contribution in [0.15, 0.2) is 30.3 Å². The van der Waals surface area contributed by atoms with Crippen LogP contribution in [0, 0.1) is 0 Å². The van der Waals surface area contributed by atoms with Crippen LogP contribution in [0.5, 0.6) is 0 Å². The van der Waals surface area contributed by atoms with Crippen LogP contribution in [-0.2, 0) is 6.54 Å². The molecule has 0 amide bonds. The number of nitrogens with one attached hydrogen (secondary N) is 1. The fourth-order valence-electron chi connectivity index (χ4n) is 5.99. The first kappa shape index (κ1) is 38.4. The molecule has 0 radical (unpaired) electrons. The normalized spacial score (nSPS) is 11.6. The highest BCUT2D eigenvalue weighted by Crippen LogP contribution is 2.19. The Kier molecular flexibility index (Phi) is 28.5. The standard InChI is InChI=1S/C36H69N2.ClH/c1-4-7-10-11-12-13-14-15-16-17-18-19-20-21-22-26-30-37-31-27-34-38(32-8-5-2,33-9-6-3)35-36-28-24-23-25-29-36;/h23-25,28-29,37H,4-22,26-27,30-35H2,1-3H3;1H/q+1;/p-1. The monoisotopic (exact) mass is 565 g/mol. The van der Waals surface area contributed by atoms with E-state index in [9.17, 15) is 0 Å². The van der Waals surface area contributed by atoms with Gasteiger partial charge in [-0.1, -0.05) is 160 Å². The summed E-state index contributed by atoms with van der Waals surface area (Å²) in [5.74, 6) is 0. The van der Waals surface area contributed by atoms with Gasteiger partial charge in [-0.05, 0) is 25.8 Å². The van der Waals surface area contributed by atoms with Crippen LogP contribution in [0.2, 0.25) is 0 Å². The van der Waals surface area contributed by atoms with Gasteiger partial charge in [0.15, 0.2) is 0 Å². The summed E-state index contributed by atoms with van der Waals surface area (Å²) in [6.07, 6.45) is 29.8. The van der Waals surface area contributed by atoms with Crippen LogP contribution in [0.25, 0.3) is 0 Å². The zero-order valence-electron chi connectivity index (χ0n) is 26.8. The summed E-state index contributed by atoms with van der Waals surface area (Å²) in [6.45, 7) is 14.6. The Morgan fingerprint density at radius 1 is 0.462 bits per heavy atom. The molecule has 0 atom stereocenters. The number of hydrogen-bond acceptors (Lipinski definition) is 1. The maximum absolute atomic E-state index is 3.77. The maximum atomic E-state index is 3.77. The van der Waals surface area contributed by atoms with E-state index in [0.717, 1.165) is 0 Å². The highest BCUT2D eigenvalue weighted by Gasteiger charge is 2.26. The maximum Gasteiger partial charge on any atom is 0.104 e. The fourth-order valence-corrected chi connectivity index (χ4v) is 5.99. The molecule has 1 aromatic carbocycles. The van der Waals surface area contributed by atoms with Crippen LogP contribution < -0.4 is 17.7 Å². The van der Waals surface area contributed by atoms with Crippen molar-refractivity contribution in [2.45, 2.75) is 162 Å². The van der Waals surface area contributed by atoms with Gasteiger partial charge in [0.1, 0.15) is 6.54 Å². The molecule has 0 heterocycles. The number of rotatable bonds is 29. The zero-order chi connectivity index (χ0) is 27.4. The number of quaternary nitrogens is 1. The van der Waals surface area contributed by atoms with E-state index in [1.54, 1.807) is 0 Å². The van der Waals surface area contributed by atoms with Gasteiger partial charge >= 0.3 is 0 Å². The van der Waals surface area contributed by atoms with Gasteiger partial charge < -0.3 is 22.2 Å². The Morgan fingerprint density at radius 2 is 0.846 bits per heavy atom. The van der Waals surface area contributed by atoms with Gasteiger partial charge in [-0.15, -0.1) is 0 Å². The lowest BCUT2D eigenvalue weighted by molar-refractivity contribution is -0.941. The molecule has 2 nitrogen and oxygen atoms in total. The molecule has 1 aromatic rings. The fraction of sp³-hybridized carbons (Fsp3) is 0.833. The second-order valence-electron chi connectivity index (χ2n) is 12.3. The van der Waals surface area contributed by atoms with Crippen molar-refractivity contribution < 1.29 is 16.9 Å². The van der Waals surface area contributed by atoms with Crippen LogP contribution in [0.4, 0.5) is 0 Å². The SMILES string of the molecule is CCCCCCCCCCCCCCCCCCNCCC[N+](CCCC)(CCCC)Cc1ccccc1.[Cl-]. The second kappa shape index (κ2) is 28.9. The summed E-state index contributed by atoms with van der Waals surface area (Å²) in [7, 11) is 0. The Morgan fingerprint density at radius 3 is 1.31 bits per heavy atom. The molecule has 3 heteroatoms. The van der Waals surface area contributed by atoms with Gasteiger partial charge in [0.25, 0.3) is 0 Å². The first-order valence-electron chi connectivity index (χ1n) is 17.4. The lowest BCUT2D eigenvalue weighted by Gasteiger charge is -2.39. The van der Waals surface area contributed by atoms with Gasteiger partial charge in [0, 0.05) is 18.5 Å². The first-order chi connectivity index (χ1) is 18.8. The summed E-state index contributed by atoms with van der Waals surface area (Å²) in [5, 5.41) is 3.77. The summed E-state index contributed by atoms with van der Waals surface area (Å²) in [6, 6.07) is 11.2. The molecular weight excluding hydrogens is 496 g/mol. The highest BCUT2D eigenvalue weighted by atomic mass is 35.5. The largest absolute Gasteiger partial charge is 1.00 e. The Bertz CT molecular complexity index is 583. The molecule has 1 rings (SSSR count). The highest BCUT2D eigenvalue weighted by molar-refractivity contribution is 5.13.